The first-order chi connectivity index (χ1) is 8.51. The summed E-state index contributed by atoms with van der Waals surface area (Å²) in [6.45, 7) is 7.54. The van der Waals surface area contributed by atoms with E-state index < -0.39 is 0 Å². The minimum absolute atomic E-state index is 0.170. The first-order valence-corrected chi connectivity index (χ1v) is 6.39. The maximum atomic E-state index is 5.35. The fourth-order valence-electron chi connectivity index (χ4n) is 2.13. The number of para-hydroxylation sites is 1. The molecule has 0 saturated heterocycles. The molecule has 0 aliphatic heterocycles. The van der Waals surface area contributed by atoms with Gasteiger partial charge in [-0.15, -0.1) is 0 Å². The lowest BCUT2D eigenvalue weighted by molar-refractivity contribution is 0.419. The van der Waals surface area contributed by atoms with Crippen molar-refractivity contribution in [3.05, 3.63) is 30.0 Å². The van der Waals surface area contributed by atoms with Crippen LogP contribution in [0.15, 0.2) is 24.4 Å². The molecule has 0 bridgehead atoms. The fraction of sp³-hybridized carbons (Fsp3) is 0.467. The van der Waals surface area contributed by atoms with Crippen molar-refractivity contribution >= 4 is 10.9 Å². The second kappa shape index (κ2) is 5.02. The van der Waals surface area contributed by atoms with Crippen LogP contribution in [0.2, 0.25) is 0 Å². The summed E-state index contributed by atoms with van der Waals surface area (Å²) in [4.78, 5) is 3.30. The monoisotopic (exact) mass is 246 g/mol. The van der Waals surface area contributed by atoms with E-state index >= 15 is 0 Å². The zero-order valence-corrected chi connectivity index (χ0v) is 11.6. The molecular weight excluding hydrogens is 224 g/mol. The Morgan fingerprint density at radius 1 is 1.28 bits per heavy atom. The van der Waals surface area contributed by atoms with Gasteiger partial charge in [0.05, 0.1) is 12.6 Å². The number of ether oxygens (including phenoxy) is 1. The van der Waals surface area contributed by atoms with Gasteiger partial charge >= 0.3 is 0 Å². The number of aromatic nitrogens is 1. The van der Waals surface area contributed by atoms with E-state index in [9.17, 15) is 0 Å². The van der Waals surface area contributed by atoms with Crippen LogP contribution in [0.5, 0.6) is 5.75 Å². The van der Waals surface area contributed by atoms with Gasteiger partial charge in [0, 0.05) is 17.1 Å². The highest BCUT2D eigenvalue weighted by molar-refractivity contribution is 5.88. The summed E-state index contributed by atoms with van der Waals surface area (Å²) >= 11 is 0. The van der Waals surface area contributed by atoms with Crippen molar-refractivity contribution in [2.75, 3.05) is 13.7 Å². The van der Waals surface area contributed by atoms with E-state index in [2.05, 4.69) is 43.3 Å². The third-order valence-corrected chi connectivity index (χ3v) is 3.03. The Kier molecular flexibility index (Phi) is 3.62. The van der Waals surface area contributed by atoms with Crippen molar-refractivity contribution in [2.24, 2.45) is 0 Å². The molecule has 98 valence electrons. The zero-order valence-electron chi connectivity index (χ0n) is 11.6. The topological polar surface area (TPSA) is 37.0 Å². The molecule has 2 rings (SSSR count). The van der Waals surface area contributed by atoms with Gasteiger partial charge < -0.3 is 15.0 Å². The molecule has 3 nitrogen and oxygen atoms in total. The third-order valence-electron chi connectivity index (χ3n) is 3.03. The number of fused-ring (bicyclic) bond motifs is 1. The molecule has 0 aliphatic carbocycles. The summed E-state index contributed by atoms with van der Waals surface area (Å²) in [6.07, 6.45) is 3.10. The second-order valence-corrected chi connectivity index (χ2v) is 5.62. The van der Waals surface area contributed by atoms with E-state index in [1.165, 1.54) is 10.9 Å². The van der Waals surface area contributed by atoms with Gasteiger partial charge in [0.15, 0.2) is 0 Å². The van der Waals surface area contributed by atoms with Crippen LogP contribution in [0.1, 0.15) is 26.3 Å². The van der Waals surface area contributed by atoms with Gasteiger partial charge in [-0.25, -0.2) is 0 Å². The van der Waals surface area contributed by atoms with Gasteiger partial charge in [-0.2, -0.15) is 0 Å². The second-order valence-electron chi connectivity index (χ2n) is 5.62. The quantitative estimate of drug-likeness (QED) is 0.869. The third kappa shape index (κ3) is 2.85. The average molecular weight is 246 g/mol. The lowest BCUT2D eigenvalue weighted by Gasteiger charge is -2.20. The standard InChI is InChI=1S/C15H22N2O/c1-15(2,3)17-9-8-11-10-16-14-12(11)6-5-7-13(14)18-4/h5-7,10,16-17H,8-9H2,1-4H3. The first kappa shape index (κ1) is 13.0. The van der Waals surface area contributed by atoms with Gasteiger partial charge in [-0.1, -0.05) is 12.1 Å². The Balaban J connectivity index is 2.15. The van der Waals surface area contributed by atoms with Crippen LogP contribution in [-0.2, 0) is 6.42 Å². The van der Waals surface area contributed by atoms with Crippen LogP contribution >= 0.6 is 0 Å². The summed E-state index contributed by atoms with van der Waals surface area (Å²) in [5.41, 5.74) is 2.59. The van der Waals surface area contributed by atoms with Crippen molar-refractivity contribution in [3.8, 4) is 5.75 Å². The number of nitrogens with one attached hydrogen (secondary N) is 2. The van der Waals surface area contributed by atoms with Crippen molar-refractivity contribution in [1.29, 1.82) is 0 Å². The predicted molar refractivity (Wildman–Crippen MR) is 76.3 cm³/mol. The van der Waals surface area contributed by atoms with Crippen LogP contribution in [0.4, 0.5) is 0 Å². The number of methoxy groups -OCH3 is 1. The summed E-state index contributed by atoms with van der Waals surface area (Å²) in [6, 6.07) is 6.16. The Bertz CT molecular complexity index is 523. The Hall–Kier alpha value is -1.48. The Labute approximate surface area is 109 Å². The Morgan fingerprint density at radius 2 is 2.06 bits per heavy atom. The van der Waals surface area contributed by atoms with Crippen molar-refractivity contribution < 1.29 is 4.74 Å². The minimum Gasteiger partial charge on any atom is -0.495 e. The number of hydrogen-bond donors (Lipinski definition) is 2. The van der Waals surface area contributed by atoms with E-state index in [0.29, 0.717) is 0 Å². The average Bonchev–Trinajstić information content (AvgIpc) is 2.71. The number of rotatable bonds is 4. The summed E-state index contributed by atoms with van der Waals surface area (Å²) in [5.74, 6) is 0.905. The molecule has 1 aromatic carbocycles. The van der Waals surface area contributed by atoms with Crippen molar-refractivity contribution in [3.63, 3.8) is 0 Å². The largest absolute Gasteiger partial charge is 0.495 e. The highest BCUT2D eigenvalue weighted by Crippen LogP contribution is 2.27. The predicted octanol–water partition coefficient (Wildman–Crippen LogP) is 3.11. The maximum absolute atomic E-state index is 5.35. The molecule has 0 unspecified atom stereocenters. The van der Waals surface area contributed by atoms with Gasteiger partial charge in [0.1, 0.15) is 5.75 Å². The van der Waals surface area contributed by atoms with E-state index in [-0.39, 0.29) is 5.54 Å². The molecule has 2 N–H and O–H groups in total. The van der Waals surface area contributed by atoms with E-state index in [4.69, 9.17) is 4.74 Å². The highest BCUT2D eigenvalue weighted by Gasteiger charge is 2.10. The van der Waals surface area contributed by atoms with Crippen LogP contribution in [0.25, 0.3) is 10.9 Å². The molecule has 0 amide bonds. The van der Waals surface area contributed by atoms with E-state index in [1.807, 2.05) is 12.1 Å². The molecule has 18 heavy (non-hydrogen) atoms. The van der Waals surface area contributed by atoms with Crippen LogP contribution in [0.3, 0.4) is 0 Å². The number of hydrogen-bond acceptors (Lipinski definition) is 2. The molecule has 0 atom stereocenters. The fourth-order valence-corrected chi connectivity index (χ4v) is 2.13. The van der Waals surface area contributed by atoms with E-state index in [1.54, 1.807) is 7.11 Å². The molecule has 0 saturated carbocycles. The van der Waals surface area contributed by atoms with Crippen LogP contribution < -0.4 is 10.1 Å². The molecule has 3 heteroatoms. The molecule has 1 aromatic heterocycles. The molecular formula is C15H22N2O. The summed E-state index contributed by atoms with van der Waals surface area (Å²) in [7, 11) is 1.70. The summed E-state index contributed by atoms with van der Waals surface area (Å²) in [5, 5.41) is 4.76. The molecule has 0 spiro atoms. The normalized spacial score (nSPS) is 12.0. The van der Waals surface area contributed by atoms with Crippen molar-refractivity contribution in [1.82, 2.24) is 10.3 Å². The smallest absolute Gasteiger partial charge is 0.142 e. The van der Waals surface area contributed by atoms with Gasteiger partial charge in [0.25, 0.3) is 0 Å². The van der Waals surface area contributed by atoms with Crippen LogP contribution in [-0.4, -0.2) is 24.2 Å². The van der Waals surface area contributed by atoms with Crippen LogP contribution in [0, 0.1) is 0 Å². The highest BCUT2D eigenvalue weighted by atomic mass is 16.5. The number of aromatic amines is 1. The zero-order chi connectivity index (χ0) is 13.2. The molecule has 0 radical (unpaired) electrons. The molecule has 0 fully saturated rings. The maximum Gasteiger partial charge on any atom is 0.142 e. The molecule has 1 heterocycles. The van der Waals surface area contributed by atoms with Gasteiger partial charge in [-0.05, 0) is 45.4 Å². The number of H-pyrrole nitrogens is 1. The lowest BCUT2D eigenvalue weighted by Crippen LogP contribution is -2.37. The van der Waals surface area contributed by atoms with Gasteiger partial charge in [0.2, 0.25) is 0 Å². The van der Waals surface area contributed by atoms with E-state index in [0.717, 1.165) is 24.2 Å². The SMILES string of the molecule is COc1cccc2c(CCNC(C)(C)C)c[nH]c12. The first-order valence-electron chi connectivity index (χ1n) is 6.39. The molecule has 0 aliphatic rings. The lowest BCUT2D eigenvalue weighted by atomic mass is 10.1. The van der Waals surface area contributed by atoms with Crippen molar-refractivity contribution in [2.45, 2.75) is 32.7 Å². The molecule has 2 aromatic rings. The Morgan fingerprint density at radius 3 is 2.72 bits per heavy atom. The van der Waals surface area contributed by atoms with Gasteiger partial charge in [-0.3, -0.25) is 0 Å². The summed E-state index contributed by atoms with van der Waals surface area (Å²) < 4.78 is 5.35. The minimum atomic E-state index is 0.170. The number of benzene rings is 1.